The van der Waals surface area contributed by atoms with E-state index in [1.54, 1.807) is 0 Å². The van der Waals surface area contributed by atoms with Crippen LogP contribution in [0.3, 0.4) is 0 Å². The lowest BCUT2D eigenvalue weighted by Gasteiger charge is -2.03. The van der Waals surface area contributed by atoms with Crippen molar-refractivity contribution in [3.8, 4) is 0 Å². The number of furan rings is 1. The molecule has 0 unspecified atom stereocenters. The second kappa shape index (κ2) is 5.69. The van der Waals surface area contributed by atoms with Gasteiger partial charge in [0, 0.05) is 23.9 Å². The molecule has 4 heteroatoms. The molecule has 4 nitrogen and oxygen atoms in total. The summed E-state index contributed by atoms with van der Waals surface area (Å²) >= 11 is 0. The number of hydrogen-bond donors (Lipinski definition) is 2. The molecule has 0 saturated carbocycles. The van der Waals surface area contributed by atoms with E-state index in [0.717, 1.165) is 22.3 Å². The molecule has 0 aliphatic rings. The number of nitrogens with one attached hydrogen (secondary N) is 2. The number of para-hydroxylation sites is 1. The average Bonchev–Trinajstić information content (AvgIpc) is 2.71. The molecule has 2 rings (SSSR count). The third kappa shape index (κ3) is 2.71. The number of carbonyl (C=O) groups excluding carboxylic acids is 1. The number of aryl methyl sites for hydroxylation is 1. The van der Waals surface area contributed by atoms with Crippen LogP contribution in [0.15, 0.2) is 28.7 Å². The van der Waals surface area contributed by atoms with Gasteiger partial charge in [-0.1, -0.05) is 18.2 Å². The van der Waals surface area contributed by atoms with E-state index >= 15 is 0 Å². The summed E-state index contributed by atoms with van der Waals surface area (Å²) in [6.07, 6.45) is 0.482. The Morgan fingerprint density at radius 1 is 1.33 bits per heavy atom. The highest BCUT2D eigenvalue weighted by atomic mass is 16.3. The summed E-state index contributed by atoms with van der Waals surface area (Å²) < 4.78 is 5.72. The van der Waals surface area contributed by atoms with Crippen molar-refractivity contribution >= 4 is 16.9 Å². The highest BCUT2D eigenvalue weighted by Gasteiger charge is 2.10. The van der Waals surface area contributed by atoms with E-state index in [1.807, 2.05) is 38.2 Å². The molecule has 0 aliphatic carbocycles. The monoisotopic (exact) mass is 246 g/mol. The minimum atomic E-state index is 0.0317. The normalized spacial score (nSPS) is 10.8. The maximum atomic E-state index is 11.5. The SMILES string of the molecule is CNCCC(=O)NCc1oc2ccccc2c1C. The van der Waals surface area contributed by atoms with Crippen LogP contribution in [0.4, 0.5) is 0 Å². The fraction of sp³-hybridized carbons (Fsp3) is 0.357. The zero-order valence-electron chi connectivity index (χ0n) is 10.7. The quantitative estimate of drug-likeness (QED) is 0.848. The standard InChI is InChI=1S/C14H18N2O2/c1-10-11-5-3-4-6-12(11)18-13(10)9-16-14(17)7-8-15-2/h3-6,15H,7-9H2,1-2H3,(H,16,17). The van der Waals surface area contributed by atoms with Gasteiger partial charge in [0.25, 0.3) is 0 Å². The summed E-state index contributed by atoms with van der Waals surface area (Å²) in [5.74, 6) is 0.859. The van der Waals surface area contributed by atoms with Crippen molar-refractivity contribution < 1.29 is 9.21 Å². The molecule has 0 spiro atoms. The van der Waals surface area contributed by atoms with Crippen LogP contribution < -0.4 is 10.6 Å². The van der Waals surface area contributed by atoms with Gasteiger partial charge in [0.05, 0.1) is 6.54 Å². The van der Waals surface area contributed by atoms with Gasteiger partial charge in [-0.15, -0.1) is 0 Å². The summed E-state index contributed by atoms with van der Waals surface area (Å²) in [5.41, 5.74) is 1.97. The van der Waals surface area contributed by atoms with Crippen LogP contribution >= 0.6 is 0 Å². The van der Waals surface area contributed by atoms with Crippen molar-refractivity contribution in [2.75, 3.05) is 13.6 Å². The van der Waals surface area contributed by atoms with Gasteiger partial charge in [0.2, 0.25) is 5.91 Å². The van der Waals surface area contributed by atoms with Crippen LogP contribution in [0.1, 0.15) is 17.7 Å². The van der Waals surface area contributed by atoms with Gasteiger partial charge in [0.1, 0.15) is 11.3 Å². The van der Waals surface area contributed by atoms with E-state index in [1.165, 1.54) is 0 Å². The summed E-state index contributed by atoms with van der Waals surface area (Å²) in [6.45, 7) is 3.15. The number of rotatable bonds is 5. The van der Waals surface area contributed by atoms with Crippen molar-refractivity contribution in [1.29, 1.82) is 0 Å². The van der Waals surface area contributed by atoms with Gasteiger partial charge in [-0.2, -0.15) is 0 Å². The molecule has 0 aliphatic heterocycles. The average molecular weight is 246 g/mol. The summed E-state index contributed by atoms with van der Waals surface area (Å²) in [5, 5.41) is 6.92. The molecule has 1 aromatic heterocycles. The fourth-order valence-corrected chi connectivity index (χ4v) is 1.90. The van der Waals surface area contributed by atoms with Gasteiger partial charge >= 0.3 is 0 Å². The molecule has 0 bridgehead atoms. The van der Waals surface area contributed by atoms with Crippen LogP contribution in [0.5, 0.6) is 0 Å². The highest BCUT2D eigenvalue weighted by Crippen LogP contribution is 2.24. The smallest absolute Gasteiger partial charge is 0.221 e. The van der Waals surface area contributed by atoms with Gasteiger partial charge in [-0.3, -0.25) is 4.79 Å². The van der Waals surface area contributed by atoms with E-state index in [0.29, 0.717) is 19.5 Å². The second-order valence-electron chi connectivity index (χ2n) is 4.28. The summed E-state index contributed by atoms with van der Waals surface area (Å²) in [7, 11) is 1.83. The van der Waals surface area contributed by atoms with E-state index in [-0.39, 0.29) is 5.91 Å². The third-order valence-electron chi connectivity index (χ3n) is 2.99. The Bertz CT molecular complexity index is 546. The van der Waals surface area contributed by atoms with Gasteiger partial charge in [-0.25, -0.2) is 0 Å². The molecule has 2 aromatic rings. The predicted molar refractivity (Wildman–Crippen MR) is 71.3 cm³/mol. The topological polar surface area (TPSA) is 54.3 Å². The molecule has 0 fully saturated rings. The first-order valence-corrected chi connectivity index (χ1v) is 6.10. The molecule has 1 heterocycles. The van der Waals surface area contributed by atoms with Crippen LogP contribution in [-0.4, -0.2) is 19.5 Å². The minimum absolute atomic E-state index is 0.0317. The minimum Gasteiger partial charge on any atom is -0.459 e. The Morgan fingerprint density at radius 3 is 2.83 bits per heavy atom. The molecule has 1 amide bonds. The molecule has 0 radical (unpaired) electrons. The molecule has 0 saturated heterocycles. The van der Waals surface area contributed by atoms with E-state index in [9.17, 15) is 4.79 Å². The van der Waals surface area contributed by atoms with E-state index in [4.69, 9.17) is 4.42 Å². The number of amides is 1. The van der Waals surface area contributed by atoms with Gasteiger partial charge in [-0.05, 0) is 20.0 Å². The molecule has 96 valence electrons. The van der Waals surface area contributed by atoms with Crippen molar-refractivity contribution in [3.05, 3.63) is 35.6 Å². The lowest BCUT2D eigenvalue weighted by molar-refractivity contribution is -0.121. The number of benzene rings is 1. The largest absolute Gasteiger partial charge is 0.459 e. The van der Waals surface area contributed by atoms with Crippen LogP contribution in [0.2, 0.25) is 0 Å². The second-order valence-corrected chi connectivity index (χ2v) is 4.28. The lowest BCUT2D eigenvalue weighted by atomic mass is 10.1. The van der Waals surface area contributed by atoms with Crippen molar-refractivity contribution in [3.63, 3.8) is 0 Å². The highest BCUT2D eigenvalue weighted by molar-refractivity contribution is 5.82. The molecule has 18 heavy (non-hydrogen) atoms. The van der Waals surface area contributed by atoms with Crippen molar-refractivity contribution in [2.24, 2.45) is 0 Å². The summed E-state index contributed by atoms with van der Waals surface area (Å²) in [4.78, 5) is 11.5. The lowest BCUT2D eigenvalue weighted by Crippen LogP contribution is -2.26. The Kier molecular flexibility index (Phi) is 3.99. The number of hydrogen-bond acceptors (Lipinski definition) is 3. The first-order valence-electron chi connectivity index (χ1n) is 6.10. The molecule has 2 N–H and O–H groups in total. The predicted octanol–water partition coefficient (Wildman–Crippen LogP) is 1.97. The number of fused-ring (bicyclic) bond motifs is 1. The zero-order valence-corrected chi connectivity index (χ0v) is 10.7. The molecule has 0 atom stereocenters. The zero-order chi connectivity index (χ0) is 13.0. The first kappa shape index (κ1) is 12.6. The van der Waals surface area contributed by atoms with Crippen LogP contribution in [0, 0.1) is 6.92 Å². The number of carbonyl (C=O) groups is 1. The van der Waals surface area contributed by atoms with E-state index in [2.05, 4.69) is 10.6 Å². The Hall–Kier alpha value is -1.81. The van der Waals surface area contributed by atoms with Gasteiger partial charge < -0.3 is 15.1 Å². The third-order valence-corrected chi connectivity index (χ3v) is 2.99. The van der Waals surface area contributed by atoms with Crippen molar-refractivity contribution in [1.82, 2.24) is 10.6 Å². The maximum absolute atomic E-state index is 11.5. The Balaban J connectivity index is 2.03. The first-order chi connectivity index (χ1) is 8.72. The molecule has 1 aromatic carbocycles. The van der Waals surface area contributed by atoms with Gasteiger partial charge in [0.15, 0.2) is 0 Å². The van der Waals surface area contributed by atoms with E-state index < -0.39 is 0 Å². The Morgan fingerprint density at radius 2 is 2.11 bits per heavy atom. The Labute approximate surface area is 106 Å². The van der Waals surface area contributed by atoms with Crippen LogP contribution in [0.25, 0.3) is 11.0 Å². The summed E-state index contributed by atoms with van der Waals surface area (Å²) in [6, 6.07) is 7.90. The fourth-order valence-electron chi connectivity index (χ4n) is 1.90. The van der Waals surface area contributed by atoms with Crippen molar-refractivity contribution in [2.45, 2.75) is 19.9 Å². The maximum Gasteiger partial charge on any atom is 0.221 e. The molecular formula is C14H18N2O2. The molecular weight excluding hydrogens is 228 g/mol. The van der Waals surface area contributed by atoms with Crippen LogP contribution in [-0.2, 0) is 11.3 Å².